The van der Waals surface area contributed by atoms with Gasteiger partial charge in [0.1, 0.15) is 11.3 Å². The van der Waals surface area contributed by atoms with E-state index >= 15 is 0 Å². The summed E-state index contributed by atoms with van der Waals surface area (Å²) in [4.78, 5) is 14.6. The van der Waals surface area contributed by atoms with Gasteiger partial charge in [-0.05, 0) is 20.8 Å². The van der Waals surface area contributed by atoms with Gasteiger partial charge in [-0.3, -0.25) is 0 Å². The van der Waals surface area contributed by atoms with Gasteiger partial charge >= 0.3 is 5.97 Å². The SMILES string of the molecule is C.CC(C)(C)OC(=O)c1cc2occc2[nH]1. The maximum atomic E-state index is 11.6. The van der Waals surface area contributed by atoms with Crippen LogP contribution >= 0.6 is 0 Å². The van der Waals surface area contributed by atoms with Crippen LogP contribution in [0, 0.1) is 0 Å². The molecule has 16 heavy (non-hydrogen) atoms. The van der Waals surface area contributed by atoms with Gasteiger partial charge in [0.25, 0.3) is 0 Å². The molecule has 0 saturated heterocycles. The predicted molar refractivity (Wildman–Crippen MR) is 62.5 cm³/mol. The van der Waals surface area contributed by atoms with Gasteiger partial charge < -0.3 is 14.1 Å². The normalized spacial score (nSPS) is 11.2. The van der Waals surface area contributed by atoms with Crippen LogP contribution in [0.15, 0.2) is 22.8 Å². The van der Waals surface area contributed by atoms with Gasteiger partial charge in [-0.15, -0.1) is 0 Å². The Kier molecular flexibility index (Phi) is 3.12. The second-order valence-electron chi connectivity index (χ2n) is 4.38. The predicted octanol–water partition coefficient (Wildman–Crippen LogP) is 3.35. The number of furan rings is 1. The maximum Gasteiger partial charge on any atom is 0.355 e. The molecule has 0 aliphatic rings. The van der Waals surface area contributed by atoms with Crippen LogP contribution in [0.3, 0.4) is 0 Å². The molecule has 4 nitrogen and oxygen atoms in total. The Balaban J connectivity index is 0.00000128. The first kappa shape index (κ1) is 12.4. The highest BCUT2D eigenvalue weighted by atomic mass is 16.6. The molecule has 88 valence electrons. The van der Waals surface area contributed by atoms with Crippen LogP contribution in [0.5, 0.6) is 0 Å². The Hall–Kier alpha value is -1.71. The summed E-state index contributed by atoms with van der Waals surface area (Å²) in [6.45, 7) is 5.49. The zero-order chi connectivity index (χ0) is 11.1. The summed E-state index contributed by atoms with van der Waals surface area (Å²) in [7, 11) is 0. The van der Waals surface area contributed by atoms with Gasteiger partial charge in [0.15, 0.2) is 5.58 Å². The van der Waals surface area contributed by atoms with E-state index in [9.17, 15) is 4.79 Å². The Morgan fingerprint density at radius 1 is 1.44 bits per heavy atom. The molecule has 0 bridgehead atoms. The molecule has 0 fully saturated rings. The van der Waals surface area contributed by atoms with Crippen LogP contribution in [0.25, 0.3) is 11.1 Å². The van der Waals surface area contributed by atoms with E-state index < -0.39 is 5.60 Å². The number of carbonyl (C=O) groups is 1. The van der Waals surface area contributed by atoms with Crippen molar-refractivity contribution in [3.63, 3.8) is 0 Å². The van der Waals surface area contributed by atoms with E-state index in [2.05, 4.69) is 4.98 Å². The molecule has 2 aromatic heterocycles. The quantitative estimate of drug-likeness (QED) is 0.754. The fourth-order valence-corrected chi connectivity index (χ4v) is 1.29. The molecule has 0 saturated carbocycles. The highest BCUT2D eigenvalue weighted by Crippen LogP contribution is 2.18. The highest BCUT2D eigenvalue weighted by molar-refractivity contribution is 5.93. The average molecular weight is 223 g/mol. The fourth-order valence-electron chi connectivity index (χ4n) is 1.29. The van der Waals surface area contributed by atoms with Gasteiger partial charge in [0, 0.05) is 12.1 Å². The van der Waals surface area contributed by atoms with E-state index in [1.807, 2.05) is 20.8 Å². The number of aromatic nitrogens is 1. The minimum absolute atomic E-state index is 0. The zero-order valence-corrected chi connectivity index (χ0v) is 8.96. The van der Waals surface area contributed by atoms with E-state index in [-0.39, 0.29) is 13.4 Å². The van der Waals surface area contributed by atoms with Crippen molar-refractivity contribution in [1.29, 1.82) is 0 Å². The van der Waals surface area contributed by atoms with E-state index in [1.165, 1.54) is 0 Å². The number of rotatable bonds is 1. The van der Waals surface area contributed by atoms with Crippen LogP contribution in [0.2, 0.25) is 0 Å². The minimum atomic E-state index is -0.483. The van der Waals surface area contributed by atoms with Crippen LogP contribution in [0.1, 0.15) is 38.7 Å². The second kappa shape index (κ2) is 4.04. The smallest absolute Gasteiger partial charge is 0.355 e. The monoisotopic (exact) mass is 223 g/mol. The van der Waals surface area contributed by atoms with Crippen molar-refractivity contribution in [2.75, 3.05) is 0 Å². The summed E-state index contributed by atoms with van der Waals surface area (Å²) in [5.74, 6) is -0.367. The number of H-pyrrole nitrogens is 1. The van der Waals surface area contributed by atoms with E-state index in [0.717, 1.165) is 5.52 Å². The number of fused-ring (bicyclic) bond motifs is 1. The lowest BCUT2D eigenvalue weighted by atomic mass is 10.2. The Morgan fingerprint density at radius 2 is 2.12 bits per heavy atom. The van der Waals surface area contributed by atoms with Gasteiger partial charge in [0.2, 0.25) is 0 Å². The number of carbonyl (C=O) groups excluding carboxylic acids is 1. The van der Waals surface area contributed by atoms with Crippen molar-refractivity contribution >= 4 is 17.1 Å². The Labute approximate surface area is 94.6 Å². The second-order valence-corrected chi connectivity index (χ2v) is 4.38. The first-order valence-corrected chi connectivity index (χ1v) is 4.75. The molecular weight excluding hydrogens is 206 g/mol. The van der Waals surface area contributed by atoms with Gasteiger partial charge in [0.05, 0.1) is 11.8 Å². The summed E-state index contributed by atoms with van der Waals surface area (Å²) in [6.07, 6.45) is 1.57. The van der Waals surface area contributed by atoms with Crippen LogP contribution in [-0.2, 0) is 4.74 Å². The molecule has 0 aliphatic carbocycles. The summed E-state index contributed by atoms with van der Waals surface area (Å²) < 4.78 is 10.4. The van der Waals surface area contributed by atoms with Crippen molar-refractivity contribution in [3.8, 4) is 0 Å². The van der Waals surface area contributed by atoms with Gasteiger partial charge in [-0.2, -0.15) is 0 Å². The summed E-state index contributed by atoms with van der Waals surface area (Å²) in [5, 5.41) is 0. The molecular formula is C12H17NO3. The number of nitrogens with one attached hydrogen (secondary N) is 1. The molecule has 2 aromatic rings. The highest BCUT2D eigenvalue weighted by Gasteiger charge is 2.19. The van der Waals surface area contributed by atoms with Gasteiger partial charge in [-0.1, -0.05) is 7.43 Å². The fraction of sp³-hybridized carbons (Fsp3) is 0.417. The molecule has 0 radical (unpaired) electrons. The average Bonchev–Trinajstić information content (AvgIpc) is 2.56. The van der Waals surface area contributed by atoms with Crippen LogP contribution < -0.4 is 0 Å². The maximum absolute atomic E-state index is 11.6. The summed E-state index contributed by atoms with van der Waals surface area (Å²) in [6, 6.07) is 3.41. The zero-order valence-electron chi connectivity index (χ0n) is 8.96. The van der Waals surface area contributed by atoms with Crippen molar-refractivity contribution < 1.29 is 13.9 Å². The Morgan fingerprint density at radius 3 is 2.69 bits per heavy atom. The molecule has 0 spiro atoms. The number of aromatic amines is 1. The van der Waals surface area contributed by atoms with Crippen molar-refractivity contribution in [1.82, 2.24) is 4.98 Å². The third-order valence-corrected chi connectivity index (χ3v) is 1.86. The van der Waals surface area contributed by atoms with Gasteiger partial charge in [-0.25, -0.2) is 4.79 Å². The molecule has 0 amide bonds. The molecule has 0 aromatic carbocycles. The Bertz CT molecular complexity index is 459. The third kappa shape index (κ3) is 2.45. The van der Waals surface area contributed by atoms with Crippen molar-refractivity contribution in [2.45, 2.75) is 33.8 Å². The molecule has 0 aliphatic heterocycles. The molecule has 0 atom stereocenters. The first-order chi connectivity index (χ1) is 6.96. The van der Waals surface area contributed by atoms with E-state index in [1.54, 1.807) is 18.4 Å². The van der Waals surface area contributed by atoms with Crippen LogP contribution in [-0.4, -0.2) is 16.6 Å². The number of hydrogen-bond donors (Lipinski definition) is 1. The number of ether oxygens (including phenoxy) is 1. The largest absolute Gasteiger partial charge is 0.463 e. The van der Waals surface area contributed by atoms with E-state index in [0.29, 0.717) is 11.3 Å². The molecule has 4 heteroatoms. The molecule has 2 heterocycles. The van der Waals surface area contributed by atoms with E-state index in [4.69, 9.17) is 9.15 Å². The number of esters is 1. The summed E-state index contributed by atoms with van der Waals surface area (Å²) >= 11 is 0. The minimum Gasteiger partial charge on any atom is -0.463 e. The topological polar surface area (TPSA) is 55.2 Å². The van der Waals surface area contributed by atoms with Crippen molar-refractivity contribution in [2.24, 2.45) is 0 Å². The first-order valence-electron chi connectivity index (χ1n) is 4.75. The van der Waals surface area contributed by atoms with Crippen LogP contribution in [0.4, 0.5) is 0 Å². The lowest BCUT2D eigenvalue weighted by Gasteiger charge is -2.18. The lowest BCUT2D eigenvalue weighted by molar-refractivity contribution is 0.00638. The number of hydrogen-bond acceptors (Lipinski definition) is 3. The molecule has 2 rings (SSSR count). The molecule has 1 N–H and O–H groups in total. The summed E-state index contributed by atoms with van der Waals surface area (Å²) in [5.41, 5.74) is 1.40. The molecule has 0 unspecified atom stereocenters. The third-order valence-electron chi connectivity index (χ3n) is 1.86. The standard InChI is InChI=1S/C11H13NO3.CH4/c1-11(2,3)15-10(13)8-6-9-7(12-8)4-5-14-9;/h4-6,12H,1-3H3;1H4. The van der Waals surface area contributed by atoms with Crippen molar-refractivity contribution in [3.05, 3.63) is 24.1 Å². The lowest BCUT2D eigenvalue weighted by Crippen LogP contribution is -2.24.